The van der Waals surface area contributed by atoms with E-state index in [9.17, 15) is 4.79 Å². The SMILES string of the molecule is CN(C)CCN(Cc1ccccc1)C(=O)CCSc1ccccc1. The van der Waals surface area contributed by atoms with Crippen molar-refractivity contribution in [2.24, 2.45) is 0 Å². The molecule has 0 bridgehead atoms. The number of carbonyl (C=O) groups excluding carboxylic acids is 1. The van der Waals surface area contributed by atoms with Crippen molar-refractivity contribution in [3.63, 3.8) is 0 Å². The van der Waals surface area contributed by atoms with Gasteiger partial charge >= 0.3 is 0 Å². The maximum absolute atomic E-state index is 12.6. The van der Waals surface area contributed by atoms with Crippen LogP contribution in [-0.2, 0) is 11.3 Å². The largest absolute Gasteiger partial charge is 0.337 e. The van der Waals surface area contributed by atoms with Crippen LogP contribution in [0.2, 0.25) is 0 Å². The van der Waals surface area contributed by atoms with Crippen molar-refractivity contribution in [1.82, 2.24) is 9.80 Å². The van der Waals surface area contributed by atoms with Crippen LogP contribution < -0.4 is 0 Å². The van der Waals surface area contributed by atoms with Crippen LogP contribution in [0.3, 0.4) is 0 Å². The Balaban J connectivity index is 1.88. The summed E-state index contributed by atoms with van der Waals surface area (Å²) in [5, 5.41) is 0. The van der Waals surface area contributed by atoms with E-state index in [0.717, 1.165) is 18.8 Å². The van der Waals surface area contributed by atoms with Crippen LogP contribution in [0.25, 0.3) is 0 Å². The predicted octanol–water partition coefficient (Wildman–Crippen LogP) is 3.76. The zero-order valence-corrected chi connectivity index (χ0v) is 15.3. The minimum atomic E-state index is 0.226. The first kappa shape index (κ1) is 18.6. The van der Waals surface area contributed by atoms with Gasteiger partial charge in [-0.1, -0.05) is 48.5 Å². The van der Waals surface area contributed by atoms with E-state index in [-0.39, 0.29) is 5.91 Å². The maximum atomic E-state index is 12.6. The lowest BCUT2D eigenvalue weighted by Gasteiger charge is -2.24. The Morgan fingerprint density at radius 3 is 2.17 bits per heavy atom. The Hall–Kier alpha value is -1.78. The minimum Gasteiger partial charge on any atom is -0.337 e. The molecule has 0 aromatic heterocycles. The van der Waals surface area contributed by atoms with E-state index < -0.39 is 0 Å². The van der Waals surface area contributed by atoms with Crippen LogP contribution in [-0.4, -0.2) is 48.6 Å². The van der Waals surface area contributed by atoms with E-state index >= 15 is 0 Å². The van der Waals surface area contributed by atoms with Gasteiger partial charge in [-0.05, 0) is 31.8 Å². The molecule has 0 fully saturated rings. The fourth-order valence-corrected chi connectivity index (χ4v) is 3.21. The van der Waals surface area contributed by atoms with Crippen molar-refractivity contribution in [3.8, 4) is 0 Å². The molecule has 0 saturated carbocycles. The van der Waals surface area contributed by atoms with Gasteiger partial charge in [0.05, 0.1) is 0 Å². The molecule has 128 valence electrons. The third-order valence-electron chi connectivity index (χ3n) is 3.71. The lowest BCUT2D eigenvalue weighted by Crippen LogP contribution is -2.36. The van der Waals surface area contributed by atoms with Gasteiger partial charge in [0, 0.05) is 36.7 Å². The molecule has 2 aromatic rings. The van der Waals surface area contributed by atoms with E-state index in [4.69, 9.17) is 0 Å². The van der Waals surface area contributed by atoms with Crippen LogP contribution >= 0.6 is 11.8 Å². The predicted molar refractivity (Wildman–Crippen MR) is 102 cm³/mol. The summed E-state index contributed by atoms with van der Waals surface area (Å²) in [4.78, 5) is 17.9. The first-order chi connectivity index (χ1) is 11.6. The Morgan fingerprint density at radius 2 is 1.54 bits per heavy atom. The summed E-state index contributed by atoms with van der Waals surface area (Å²) < 4.78 is 0. The van der Waals surface area contributed by atoms with Crippen molar-refractivity contribution < 1.29 is 4.79 Å². The third kappa shape index (κ3) is 6.77. The number of likely N-dealkylation sites (N-methyl/N-ethyl adjacent to an activating group) is 1. The molecule has 0 aliphatic rings. The molecule has 0 aliphatic carbocycles. The molecule has 1 amide bonds. The molecule has 0 saturated heterocycles. The molecule has 0 aliphatic heterocycles. The number of hydrogen-bond acceptors (Lipinski definition) is 3. The summed E-state index contributed by atoms with van der Waals surface area (Å²) in [6.07, 6.45) is 0.569. The summed E-state index contributed by atoms with van der Waals surface area (Å²) in [5.41, 5.74) is 1.18. The second-order valence-electron chi connectivity index (χ2n) is 6.02. The molecule has 0 radical (unpaired) electrons. The number of nitrogens with zero attached hydrogens (tertiary/aromatic N) is 2. The maximum Gasteiger partial charge on any atom is 0.223 e. The lowest BCUT2D eigenvalue weighted by molar-refractivity contribution is -0.131. The molecule has 0 atom stereocenters. The molecule has 4 heteroatoms. The Kier molecular flexibility index (Phi) is 7.86. The Morgan fingerprint density at radius 1 is 0.917 bits per heavy atom. The van der Waals surface area contributed by atoms with Crippen molar-refractivity contribution in [3.05, 3.63) is 66.2 Å². The second kappa shape index (κ2) is 10.2. The fourth-order valence-electron chi connectivity index (χ4n) is 2.35. The molecule has 3 nitrogen and oxygen atoms in total. The standard InChI is InChI=1S/C20H26N2OS/c1-21(2)14-15-22(17-18-9-5-3-6-10-18)20(23)13-16-24-19-11-7-4-8-12-19/h3-12H,13-17H2,1-2H3. The van der Waals surface area contributed by atoms with E-state index in [1.165, 1.54) is 10.5 Å². The number of thioether (sulfide) groups is 1. The smallest absolute Gasteiger partial charge is 0.223 e. The number of hydrogen-bond donors (Lipinski definition) is 0. The Labute approximate surface area is 149 Å². The molecule has 0 heterocycles. The molecule has 0 N–H and O–H groups in total. The topological polar surface area (TPSA) is 23.6 Å². The zero-order chi connectivity index (χ0) is 17.2. The normalized spacial score (nSPS) is 10.8. The van der Waals surface area contributed by atoms with Gasteiger partial charge in [-0.2, -0.15) is 0 Å². The van der Waals surface area contributed by atoms with Crippen LogP contribution in [0.5, 0.6) is 0 Å². The van der Waals surface area contributed by atoms with Gasteiger partial charge in [0.2, 0.25) is 5.91 Å². The van der Waals surface area contributed by atoms with Crippen molar-refractivity contribution in [2.45, 2.75) is 17.9 Å². The summed E-state index contributed by atoms with van der Waals surface area (Å²) in [7, 11) is 4.08. The summed E-state index contributed by atoms with van der Waals surface area (Å²) in [6.45, 7) is 2.32. The van der Waals surface area contributed by atoms with Gasteiger partial charge in [0.15, 0.2) is 0 Å². The average molecular weight is 343 g/mol. The molecule has 0 unspecified atom stereocenters. The third-order valence-corrected chi connectivity index (χ3v) is 4.73. The second-order valence-corrected chi connectivity index (χ2v) is 7.18. The van der Waals surface area contributed by atoms with Crippen LogP contribution in [0.1, 0.15) is 12.0 Å². The first-order valence-electron chi connectivity index (χ1n) is 8.29. The summed E-state index contributed by atoms with van der Waals surface area (Å²) in [6, 6.07) is 20.5. The minimum absolute atomic E-state index is 0.226. The van der Waals surface area contributed by atoms with Gasteiger partial charge in [-0.25, -0.2) is 0 Å². The molecular formula is C20H26N2OS. The van der Waals surface area contributed by atoms with Gasteiger partial charge in [0.25, 0.3) is 0 Å². The highest BCUT2D eigenvalue weighted by Gasteiger charge is 2.14. The van der Waals surface area contributed by atoms with Crippen molar-refractivity contribution >= 4 is 17.7 Å². The zero-order valence-electron chi connectivity index (χ0n) is 14.5. The van der Waals surface area contributed by atoms with Crippen molar-refractivity contribution in [2.75, 3.05) is 32.9 Å². The quantitative estimate of drug-likeness (QED) is 0.648. The molecule has 24 heavy (non-hydrogen) atoms. The highest BCUT2D eigenvalue weighted by Crippen LogP contribution is 2.18. The van der Waals surface area contributed by atoms with Crippen LogP contribution in [0.4, 0.5) is 0 Å². The van der Waals surface area contributed by atoms with Crippen molar-refractivity contribution in [1.29, 1.82) is 0 Å². The highest BCUT2D eigenvalue weighted by atomic mass is 32.2. The van der Waals surface area contributed by atoms with Gasteiger partial charge < -0.3 is 9.80 Å². The van der Waals surface area contributed by atoms with Gasteiger partial charge in [0.1, 0.15) is 0 Å². The number of carbonyl (C=O) groups is 1. The number of benzene rings is 2. The fraction of sp³-hybridized carbons (Fsp3) is 0.350. The van der Waals surface area contributed by atoms with Crippen LogP contribution in [0.15, 0.2) is 65.6 Å². The first-order valence-corrected chi connectivity index (χ1v) is 9.28. The van der Waals surface area contributed by atoms with Crippen LogP contribution in [0, 0.1) is 0 Å². The lowest BCUT2D eigenvalue weighted by atomic mass is 10.2. The highest BCUT2D eigenvalue weighted by molar-refractivity contribution is 7.99. The summed E-state index contributed by atoms with van der Waals surface area (Å²) in [5.74, 6) is 1.04. The number of rotatable bonds is 9. The van der Waals surface area contributed by atoms with Gasteiger partial charge in [-0.15, -0.1) is 11.8 Å². The summed E-state index contributed by atoms with van der Waals surface area (Å²) >= 11 is 1.74. The van der Waals surface area contributed by atoms with E-state index in [1.54, 1.807) is 11.8 Å². The van der Waals surface area contributed by atoms with E-state index in [0.29, 0.717) is 13.0 Å². The monoisotopic (exact) mass is 342 g/mol. The molecular weight excluding hydrogens is 316 g/mol. The average Bonchev–Trinajstić information content (AvgIpc) is 2.60. The number of amides is 1. The molecule has 2 rings (SSSR count). The molecule has 0 spiro atoms. The molecule has 2 aromatic carbocycles. The van der Waals surface area contributed by atoms with E-state index in [2.05, 4.69) is 29.2 Å². The van der Waals surface area contributed by atoms with E-state index in [1.807, 2.05) is 55.4 Å². The Bertz CT molecular complexity index is 602. The van der Waals surface area contributed by atoms with Gasteiger partial charge in [-0.3, -0.25) is 4.79 Å².